The molecule has 0 aliphatic carbocycles. The van der Waals surface area contributed by atoms with Crippen molar-refractivity contribution in [3.8, 4) is 0 Å². The number of morpholine rings is 1. The van der Waals surface area contributed by atoms with Crippen LogP contribution in [-0.4, -0.2) is 58.5 Å². The van der Waals surface area contributed by atoms with Crippen molar-refractivity contribution in [2.24, 2.45) is 0 Å². The lowest BCUT2D eigenvalue weighted by Gasteiger charge is -2.27. The van der Waals surface area contributed by atoms with Crippen LogP contribution < -0.4 is 5.32 Å². The van der Waals surface area contributed by atoms with Gasteiger partial charge in [0.1, 0.15) is 11.6 Å². The molecule has 4 rings (SSSR count). The van der Waals surface area contributed by atoms with Gasteiger partial charge in [-0.15, -0.1) is 0 Å². The highest BCUT2D eigenvalue weighted by molar-refractivity contribution is 6.28. The van der Waals surface area contributed by atoms with Crippen LogP contribution in [0.1, 0.15) is 41.8 Å². The van der Waals surface area contributed by atoms with E-state index in [1.54, 1.807) is 11.8 Å². The number of rotatable bonds is 6. The minimum Gasteiger partial charge on any atom is -0.379 e. The van der Waals surface area contributed by atoms with Crippen LogP contribution in [0.3, 0.4) is 0 Å². The van der Waals surface area contributed by atoms with Crippen LogP contribution in [0.25, 0.3) is 0 Å². The van der Waals surface area contributed by atoms with Crippen LogP contribution in [0.5, 0.6) is 0 Å². The first kappa shape index (κ1) is 22.8. The number of carbonyl (C=O) groups is 1. The predicted molar refractivity (Wildman–Crippen MR) is 112 cm³/mol. The summed E-state index contributed by atoms with van der Waals surface area (Å²) in [5.74, 6) is -0.645. The highest BCUT2D eigenvalue weighted by Gasteiger charge is 2.30. The summed E-state index contributed by atoms with van der Waals surface area (Å²) in [7, 11) is 0. The van der Waals surface area contributed by atoms with Crippen molar-refractivity contribution in [3.05, 3.63) is 51.7 Å². The van der Waals surface area contributed by atoms with E-state index in [9.17, 15) is 18.0 Å². The van der Waals surface area contributed by atoms with Crippen LogP contribution in [0.15, 0.2) is 18.2 Å². The molecule has 0 saturated carbocycles. The molecule has 172 valence electrons. The lowest BCUT2D eigenvalue weighted by molar-refractivity contribution is -0.134. The highest BCUT2D eigenvalue weighted by atomic mass is 35.5. The van der Waals surface area contributed by atoms with E-state index in [0.29, 0.717) is 49.9 Å². The summed E-state index contributed by atoms with van der Waals surface area (Å²) in [5.41, 5.74) is 0.727. The van der Waals surface area contributed by atoms with Gasteiger partial charge in [-0.2, -0.15) is 0 Å². The number of alkyl halides is 2. The van der Waals surface area contributed by atoms with Gasteiger partial charge in [0.2, 0.25) is 11.2 Å². The highest BCUT2D eigenvalue weighted by Crippen LogP contribution is 2.32. The lowest BCUT2D eigenvalue weighted by Crippen LogP contribution is -2.43. The molecule has 3 heterocycles. The van der Waals surface area contributed by atoms with Gasteiger partial charge in [0.25, 0.3) is 6.43 Å². The molecule has 1 aromatic heterocycles. The van der Waals surface area contributed by atoms with Crippen LogP contribution in [-0.2, 0) is 22.6 Å². The van der Waals surface area contributed by atoms with E-state index in [2.05, 4.69) is 15.3 Å². The van der Waals surface area contributed by atoms with Crippen molar-refractivity contribution in [1.29, 1.82) is 0 Å². The Hall–Kier alpha value is -2.43. The summed E-state index contributed by atoms with van der Waals surface area (Å²) < 4.78 is 46.0. The zero-order valence-corrected chi connectivity index (χ0v) is 18.2. The molecule has 0 radical (unpaired) electrons. The van der Waals surface area contributed by atoms with E-state index in [-0.39, 0.29) is 29.8 Å². The number of hydrogen-bond donors (Lipinski definition) is 1. The number of halogens is 4. The number of aromatic nitrogens is 2. The monoisotopic (exact) mass is 469 g/mol. The average molecular weight is 470 g/mol. The van der Waals surface area contributed by atoms with Crippen molar-refractivity contribution in [2.75, 3.05) is 38.2 Å². The normalized spacial score (nSPS) is 17.5. The number of nitrogens with zero attached hydrogens (tertiary/aromatic N) is 4. The molecular formula is C21H23ClF3N5O2. The summed E-state index contributed by atoms with van der Waals surface area (Å²) in [5, 5.41) is 3.05. The van der Waals surface area contributed by atoms with Gasteiger partial charge < -0.3 is 15.0 Å². The molecule has 1 saturated heterocycles. The Labute approximate surface area is 188 Å². The zero-order valence-electron chi connectivity index (χ0n) is 17.5. The first-order valence-corrected chi connectivity index (χ1v) is 10.7. The quantitative estimate of drug-likeness (QED) is 0.652. The summed E-state index contributed by atoms with van der Waals surface area (Å²) in [4.78, 5) is 24.9. The smallest absolute Gasteiger partial charge is 0.266 e. The van der Waals surface area contributed by atoms with Gasteiger partial charge in [0.05, 0.1) is 50.1 Å². The molecule has 2 aliphatic heterocycles. The summed E-state index contributed by atoms with van der Waals surface area (Å²) in [6.07, 6.45) is -2.91. The second-order valence-corrected chi connectivity index (χ2v) is 8.16. The van der Waals surface area contributed by atoms with E-state index >= 15 is 0 Å². The number of carbonyl (C=O) groups excluding carboxylic acids is 1. The van der Waals surface area contributed by atoms with E-state index in [1.807, 2.05) is 4.90 Å². The average Bonchev–Trinajstić information content (AvgIpc) is 3.18. The van der Waals surface area contributed by atoms with Crippen molar-refractivity contribution in [3.63, 3.8) is 0 Å². The number of anilines is 1. The van der Waals surface area contributed by atoms with E-state index < -0.39 is 23.8 Å². The van der Waals surface area contributed by atoms with Crippen molar-refractivity contribution >= 4 is 23.3 Å². The third-order valence-corrected chi connectivity index (χ3v) is 5.85. The van der Waals surface area contributed by atoms with Crippen LogP contribution in [0.4, 0.5) is 19.0 Å². The molecule has 1 fully saturated rings. The standard InChI is InChI=1S/C21H23ClF3N5O2/c1-12(13-3-2-4-14(18(13)23)19(24)25)26-20-15-9-30(10-16(15)27-21(22)28-20)17(31)11-29-5-7-32-8-6-29/h2-4,12,19H,5-11H2,1H3,(H,26,27,28)/t12-/m1/s1. The number of nitrogens with one attached hydrogen (secondary N) is 1. The van der Waals surface area contributed by atoms with Gasteiger partial charge in [-0.25, -0.2) is 23.1 Å². The molecule has 7 nitrogen and oxygen atoms in total. The van der Waals surface area contributed by atoms with Crippen molar-refractivity contribution < 1.29 is 22.7 Å². The topological polar surface area (TPSA) is 70.6 Å². The molecule has 0 spiro atoms. The van der Waals surface area contributed by atoms with Crippen molar-refractivity contribution in [1.82, 2.24) is 19.8 Å². The third-order valence-electron chi connectivity index (χ3n) is 5.68. The molecule has 0 bridgehead atoms. The molecule has 1 N–H and O–H groups in total. The van der Waals surface area contributed by atoms with E-state index in [1.165, 1.54) is 12.1 Å². The maximum atomic E-state index is 14.6. The largest absolute Gasteiger partial charge is 0.379 e. The van der Waals surface area contributed by atoms with Gasteiger partial charge in [-0.05, 0) is 18.5 Å². The number of hydrogen-bond acceptors (Lipinski definition) is 6. The fourth-order valence-electron chi connectivity index (χ4n) is 3.93. The first-order valence-electron chi connectivity index (χ1n) is 10.3. The Bertz CT molecular complexity index is 1000. The third kappa shape index (κ3) is 4.82. The SMILES string of the molecule is C[C@@H](Nc1nc(Cl)nc2c1CN(C(=O)CN1CCOCC1)C2)c1cccc(C(F)F)c1F. The second-order valence-electron chi connectivity index (χ2n) is 7.82. The van der Waals surface area contributed by atoms with Gasteiger partial charge in [0, 0.05) is 24.2 Å². The molecular weight excluding hydrogens is 447 g/mol. The summed E-state index contributed by atoms with van der Waals surface area (Å²) >= 11 is 6.08. The second kappa shape index (κ2) is 9.60. The lowest BCUT2D eigenvalue weighted by atomic mass is 10.0. The summed E-state index contributed by atoms with van der Waals surface area (Å²) in [6.45, 7) is 5.10. The Morgan fingerprint density at radius 1 is 1.22 bits per heavy atom. The fraction of sp³-hybridized carbons (Fsp3) is 0.476. The molecule has 11 heteroatoms. The Morgan fingerprint density at radius 2 is 1.94 bits per heavy atom. The fourth-order valence-corrected chi connectivity index (χ4v) is 4.11. The van der Waals surface area contributed by atoms with Gasteiger partial charge >= 0.3 is 0 Å². The molecule has 0 unspecified atom stereocenters. The number of benzene rings is 1. The zero-order chi connectivity index (χ0) is 22.8. The number of amides is 1. The van der Waals surface area contributed by atoms with Crippen molar-refractivity contribution in [2.45, 2.75) is 32.5 Å². The molecule has 2 aliphatic rings. The molecule has 2 aromatic rings. The van der Waals surface area contributed by atoms with Gasteiger partial charge in [-0.3, -0.25) is 9.69 Å². The van der Waals surface area contributed by atoms with E-state index in [0.717, 1.165) is 6.07 Å². The number of ether oxygens (including phenoxy) is 1. The van der Waals surface area contributed by atoms with E-state index in [4.69, 9.17) is 16.3 Å². The molecule has 1 aromatic carbocycles. The minimum absolute atomic E-state index is 0.0114. The Morgan fingerprint density at radius 3 is 2.66 bits per heavy atom. The molecule has 32 heavy (non-hydrogen) atoms. The van der Waals surface area contributed by atoms with Crippen LogP contribution >= 0.6 is 11.6 Å². The predicted octanol–water partition coefficient (Wildman–Crippen LogP) is 3.55. The number of fused-ring (bicyclic) bond motifs is 1. The molecule has 1 atom stereocenters. The maximum absolute atomic E-state index is 14.6. The first-order chi connectivity index (χ1) is 15.3. The van der Waals surface area contributed by atoms with Crippen LogP contribution in [0, 0.1) is 5.82 Å². The Balaban J connectivity index is 1.51. The maximum Gasteiger partial charge on any atom is 0.266 e. The van der Waals surface area contributed by atoms with Gasteiger partial charge in [0.15, 0.2) is 0 Å². The minimum atomic E-state index is -2.91. The molecule has 1 amide bonds. The Kier molecular flexibility index (Phi) is 6.82. The van der Waals surface area contributed by atoms with Gasteiger partial charge in [-0.1, -0.05) is 18.2 Å². The summed E-state index contributed by atoms with van der Waals surface area (Å²) in [6, 6.07) is 3.23. The van der Waals surface area contributed by atoms with Crippen LogP contribution in [0.2, 0.25) is 5.28 Å².